The van der Waals surface area contributed by atoms with Crippen molar-refractivity contribution in [1.29, 1.82) is 0 Å². The number of hydrogen-bond acceptors (Lipinski definition) is 5. The van der Waals surface area contributed by atoms with Crippen molar-refractivity contribution in [2.24, 2.45) is 57.2 Å². The van der Waals surface area contributed by atoms with E-state index in [9.17, 15) is 18.3 Å². The first-order valence-electron chi connectivity index (χ1n) is 20.9. The minimum absolute atomic E-state index is 0.0224. The van der Waals surface area contributed by atoms with Crippen molar-refractivity contribution in [3.63, 3.8) is 0 Å². The van der Waals surface area contributed by atoms with Crippen LogP contribution in [0.4, 0.5) is 0 Å². The zero-order valence-corrected chi connectivity index (χ0v) is 34.2. The van der Waals surface area contributed by atoms with E-state index in [0.29, 0.717) is 52.7 Å². The molecule has 2 aliphatic heterocycles. The zero-order chi connectivity index (χ0) is 37.2. The molecule has 8 heteroatoms. The minimum atomic E-state index is -3.11. The van der Waals surface area contributed by atoms with Crippen LogP contribution in [0.25, 0.3) is 5.57 Å². The quantitative estimate of drug-likeness (QED) is 0.280. The van der Waals surface area contributed by atoms with E-state index in [-0.39, 0.29) is 22.4 Å². The van der Waals surface area contributed by atoms with Gasteiger partial charge in [0.25, 0.3) is 0 Å². The van der Waals surface area contributed by atoms with Crippen LogP contribution in [-0.2, 0) is 10.0 Å². The summed E-state index contributed by atoms with van der Waals surface area (Å²) < 4.78 is 26.3. The van der Waals surface area contributed by atoms with Gasteiger partial charge in [-0.1, -0.05) is 66.7 Å². The van der Waals surface area contributed by atoms with Crippen LogP contribution in [0.3, 0.4) is 0 Å². The highest BCUT2D eigenvalue weighted by Gasteiger charge is 2.70. The third kappa shape index (κ3) is 5.33. The fraction of sp³-hybridized carbons (Fsp3) is 0.795. The number of hydrogen-bond donors (Lipinski definition) is 2. The van der Waals surface area contributed by atoms with Crippen LogP contribution in [-0.4, -0.2) is 78.8 Å². The molecular weight excluding hydrogens is 667 g/mol. The third-order valence-electron chi connectivity index (χ3n) is 18.0. The maximum absolute atomic E-state index is 12.3. The van der Waals surface area contributed by atoms with Gasteiger partial charge in [-0.15, -0.1) is 0 Å². The Morgan fingerprint density at radius 2 is 1.63 bits per heavy atom. The van der Waals surface area contributed by atoms with Gasteiger partial charge in [0.15, 0.2) is 0 Å². The molecule has 7 nitrogen and oxygen atoms in total. The Morgan fingerprint density at radius 1 is 0.904 bits per heavy atom. The third-order valence-corrected chi connectivity index (χ3v) is 19.3. The lowest BCUT2D eigenvalue weighted by Crippen LogP contribution is -2.68. The van der Waals surface area contributed by atoms with Crippen LogP contribution in [0, 0.1) is 57.2 Å². The number of fused-ring (bicyclic) bond motifs is 9. The van der Waals surface area contributed by atoms with Gasteiger partial charge < -0.3 is 10.4 Å². The molecule has 1 aromatic rings. The van der Waals surface area contributed by atoms with Crippen molar-refractivity contribution in [1.82, 2.24) is 14.5 Å². The lowest BCUT2D eigenvalue weighted by atomic mass is 9.33. The molecule has 11 atom stereocenters. The molecule has 2 N–H and O–H groups in total. The van der Waals surface area contributed by atoms with Gasteiger partial charge in [-0.2, -0.15) is 4.31 Å². The van der Waals surface area contributed by atoms with Crippen LogP contribution in [0.1, 0.15) is 129 Å². The molecule has 0 spiro atoms. The molecule has 0 unspecified atom stereocenters. The number of carboxylic acids is 1. The van der Waals surface area contributed by atoms with Gasteiger partial charge in [0, 0.05) is 43.8 Å². The first kappa shape index (κ1) is 37.2. The highest BCUT2D eigenvalue weighted by atomic mass is 32.2. The number of benzene rings is 1. The maximum Gasteiger partial charge on any atom is 0.335 e. The van der Waals surface area contributed by atoms with E-state index in [1.807, 2.05) is 12.1 Å². The number of carbonyl (C=O) groups is 1. The van der Waals surface area contributed by atoms with Crippen molar-refractivity contribution >= 4 is 21.6 Å². The first-order chi connectivity index (χ1) is 24.4. The smallest absolute Gasteiger partial charge is 0.335 e. The van der Waals surface area contributed by atoms with E-state index >= 15 is 0 Å². The Bertz CT molecular complexity index is 1720. The number of allylic oxidation sites excluding steroid dienone is 2. The second kappa shape index (κ2) is 12.4. The highest BCUT2D eigenvalue weighted by molar-refractivity contribution is 7.88. The molecule has 0 radical (unpaired) electrons. The fourth-order valence-corrected chi connectivity index (χ4v) is 16.6. The van der Waals surface area contributed by atoms with Gasteiger partial charge in [-0.3, -0.25) is 4.90 Å². The van der Waals surface area contributed by atoms with Crippen LogP contribution in [0.15, 0.2) is 30.3 Å². The van der Waals surface area contributed by atoms with E-state index in [1.54, 1.807) is 16.4 Å². The standard InChI is InChI=1S/C44H67N3O4S/c1-28(2)33-15-20-44(45-23-24-46-26-32-25-31(46)27-47(32)52(8,50)51)22-21-42(6)35(38(33)44)13-14-37-41(5)18-16-34(29-9-11-30(12-10-29)39(48)49)40(3,4)36(41)17-19-43(37,42)7/h9-12,16,28,31-33,35-38,45H,13-15,17-27H2,1-8H3,(H,48,49)/t31-,32-,33-,35+,36-,37+,38+,41-,42+,43+,44-/m0/s1. The van der Waals surface area contributed by atoms with Gasteiger partial charge in [0.2, 0.25) is 10.0 Å². The predicted molar refractivity (Wildman–Crippen MR) is 209 cm³/mol. The van der Waals surface area contributed by atoms with Crippen LogP contribution < -0.4 is 5.32 Å². The molecule has 6 fully saturated rings. The Morgan fingerprint density at radius 3 is 2.27 bits per heavy atom. The number of sulfonamides is 1. The fourth-order valence-electron chi connectivity index (χ4n) is 15.4. The molecule has 4 saturated carbocycles. The summed E-state index contributed by atoms with van der Waals surface area (Å²) in [6, 6.07) is 8.16. The summed E-state index contributed by atoms with van der Waals surface area (Å²) in [5.41, 5.74) is 4.07. The molecule has 0 aromatic heterocycles. The molecule has 1 aromatic carbocycles. The Balaban J connectivity index is 1.03. The summed E-state index contributed by atoms with van der Waals surface area (Å²) in [5, 5.41) is 13.8. The normalized spacial score (nSPS) is 44.2. The molecule has 52 heavy (non-hydrogen) atoms. The van der Waals surface area contributed by atoms with E-state index in [2.05, 4.69) is 64.8 Å². The predicted octanol–water partition coefficient (Wildman–Crippen LogP) is 8.18. The molecule has 5 aliphatic carbocycles. The summed E-state index contributed by atoms with van der Waals surface area (Å²) in [5.74, 6) is 3.35. The molecule has 2 bridgehead atoms. The summed E-state index contributed by atoms with van der Waals surface area (Å²) in [6.07, 6.45) is 16.5. The first-order valence-corrected chi connectivity index (χ1v) is 22.7. The maximum atomic E-state index is 12.3. The summed E-state index contributed by atoms with van der Waals surface area (Å²) in [7, 11) is -3.11. The van der Waals surface area contributed by atoms with Gasteiger partial charge in [-0.05, 0) is 145 Å². The molecule has 8 rings (SSSR count). The molecule has 2 heterocycles. The molecule has 2 saturated heterocycles. The Labute approximate surface area is 314 Å². The second-order valence-electron chi connectivity index (χ2n) is 20.5. The second-order valence-corrected chi connectivity index (χ2v) is 22.5. The number of piperazine rings is 1. The SMILES string of the molecule is CC(C)[C@@H]1CC[C@]2(NCCN3C[C@@H]4C[C@H]3CN4S(C)(=O)=O)CC[C@]3(C)[C@H](CC[C@@H]4[C@@]5(C)CC=C(c6ccc(C(=O)O)cc6)C(C)(C)[C@@H]5CC[C@]43C)[C@@H]12. The average molecular weight is 734 g/mol. The molecule has 7 aliphatic rings. The topological polar surface area (TPSA) is 90.0 Å². The van der Waals surface area contributed by atoms with Gasteiger partial charge in [-0.25, -0.2) is 13.2 Å². The molecular formula is C44H67N3O4S. The van der Waals surface area contributed by atoms with Crippen LogP contribution in [0.2, 0.25) is 0 Å². The number of nitrogens with one attached hydrogen (secondary N) is 1. The number of aromatic carboxylic acids is 1. The lowest BCUT2D eigenvalue weighted by Gasteiger charge is -2.72. The minimum Gasteiger partial charge on any atom is -0.478 e. The van der Waals surface area contributed by atoms with Gasteiger partial charge in [0.05, 0.1) is 11.8 Å². The summed E-state index contributed by atoms with van der Waals surface area (Å²) in [4.78, 5) is 14.2. The monoisotopic (exact) mass is 733 g/mol. The van der Waals surface area contributed by atoms with E-state index < -0.39 is 16.0 Å². The molecule has 0 amide bonds. The lowest BCUT2D eigenvalue weighted by molar-refractivity contribution is -0.221. The van der Waals surface area contributed by atoms with Crippen molar-refractivity contribution in [2.75, 3.05) is 32.4 Å². The van der Waals surface area contributed by atoms with Crippen LogP contribution in [0.5, 0.6) is 0 Å². The Kier molecular flexibility index (Phi) is 8.86. The number of likely N-dealkylation sites (tertiary alicyclic amines) is 1. The number of nitrogens with zero attached hydrogens (tertiary/aromatic N) is 2. The Hall–Kier alpha value is -1.74. The van der Waals surface area contributed by atoms with Crippen molar-refractivity contribution in [3.05, 3.63) is 41.5 Å². The van der Waals surface area contributed by atoms with Gasteiger partial charge in [0.1, 0.15) is 0 Å². The van der Waals surface area contributed by atoms with Gasteiger partial charge >= 0.3 is 5.97 Å². The molecule has 288 valence electrons. The average Bonchev–Trinajstić information content (AvgIpc) is 3.78. The number of rotatable bonds is 8. The van der Waals surface area contributed by atoms with E-state index in [1.165, 1.54) is 68.8 Å². The van der Waals surface area contributed by atoms with E-state index in [4.69, 9.17) is 0 Å². The summed E-state index contributed by atoms with van der Waals surface area (Å²) in [6.45, 7) is 21.7. The largest absolute Gasteiger partial charge is 0.478 e. The summed E-state index contributed by atoms with van der Waals surface area (Å²) >= 11 is 0. The van der Waals surface area contributed by atoms with E-state index in [0.717, 1.165) is 44.3 Å². The zero-order valence-electron chi connectivity index (χ0n) is 33.4. The van der Waals surface area contributed by atoms with Crippen molar-refractivity contribution < 1.29 is 18.3 Å². The van der Waals surface area contributed by atoms with Crippen molar-refractivity contribution in [2.45, 2.75) is 130 Å². The number of carboxylic acid groups (broad SMARTS) is 1. The van der Waals surface area contributed by atoms with Crippen molar-refractivity contribution in [3.8, 4) is 0 Å². The van der Waals surface area contributed by atoms with Crippen LogP contribution >= 0.6 is 0 Å². The highest BCUT2D eigenvalue weighted by Crippen LogP contribution is 2.76.